The van der Waals surface area contributed by atoms with Crippen LogP contribution in [-0.2, 0) is 47.7 Å². The zero-order valence-electron chi connectivity index (χ0n) is 20.3. The molecular formula is C20H30F2N4O10. The number of carbonyl (C=O) groups excluding carboxylic acids is 5. The SMILES string of the molecule is CCOC(=O)[C@]1(F)OC([C@H](OC(C)=O)[C@@H](COC(C)=O)OC(C)=O)[C@H](NC(C)=O)C(N=C(N)N)C1F. The standard InChI is InChI=1S/C20H30F2N4O10/c1-6-32-18(31)20(22)17(21)14(26-19(23)24)13(25-8(2)27)16(36-20)15(35-11(5)30)12(34-10(4)29)7-33-9(3)28/h12-17H,6-7H2,1-5H3,(H,25,27)(H4,23,24,26)/t12-,13-,14?,15-,16?,17?,20-/m1/s1. The number of aliphatic imine (C=N–C) groups is 1. The molecule has 0 aromatic carbocycles. The summed E-state index contributed by atoms with van der Waals surface area (Å²) in [5, 5.41) is 2.27. The number of rotatable bonds is 10. The number of nitrogens with zero attached hydrogens (tertiary/aromatic N) is 1. The predicted molar refractivity (Wildman–Crippen MR) is 115 cm³/mol. The number of amides is 1. The zero-order chi connectivity index (χ0) is 27.8. The summed E-state index contributed by atoms with van der Waals surface area (Å²) in [6.45, 7) is 4.16. The van der Waals surface area contributed by atoms with Gasteiger partial charge in [-0.1, -0.05) is 0 Å². The van der Waals surface area contributed by atoms with Crippen molar-refractivity contribution >= 4 is 35.7 Å². The number of guanidine groups is 1. The largest absolute Gasteiger partial charge is 0.462 e. The fraction of sp³-hybridized carbons (Fsp3) is 0.700. The molecule has 36 heavy (non-hydrogen) atoms. The van der Waals surface area contributed by atoms with Gasteiger partial charge in [0.25, 0.3) is 0 Å². The lowest BCUT2D eigenvalue weighted by molar-refractivity contribution is -0.281. The molecule has 0 spiro atoms. The van der Waals surface area contributed by atoms with Crippen molar-refractivity contribution < 1.29 is 56.4 Å². The molecule has 1 rings (SSSR count). The first-order valence-electron chi connectivity index (χ1n) is 10.7. The van der Waals surface area contributed by atoms with E-state index in [-0.39, 0.29) is 6.61 Å². The Balaban J connectivity index is 3.79. The van der Waals surface area contributed by atoms with Gasteiger partial charge in [-0.3, -0.25) is 19.2 Å². The molecule has 0 saturated carbocycles. The van der Waals surface area contributed by atoms with Crippen molar-refractivity contribution in [3.8, 4) is 0 Å². The normalized spacial score (nSPS) is 27.0. The van der Waals surface area contributed by atoms with Crippen LogP contribution >= 0.6 is 0 Å². The highest BCUT2D eigenvalue weighted by molar-refractivity contribution is 5.80. The lowest BCUT2D eigenvalue weighted by Crippen LogP contribution is -2.71. The summed E-state index contributed by atoms with van der Waals surface area (Å²) in [6.07, 6.45) is -8.45. The van der Waals surface area contributed by atoms with Crippen LogP contribution in [0, 0.1) is 0 Å². The molecule has 0 radical (unpaired) electrons. The molecule has 0 aromatic heterocycles. The Bertz CT molecular complexity index is 885. The fourth-order valence-corrected chi connectivity index (χ4v) is 3.47. The molecule has 1 heterocycles. The van der Waals surface area contributed by atoms with E-state index in [9.17, 15) is 24.0 Å². The highest BCUT2D eigenvalue weighted by Crippen LogP contribution is 2.39. The first kappa shape index (κ1) is 30.5. The number of nitrogens with one attached hydrogen (secondary N) is 1. The minimum absolute atomic E-state index is 0.372. The Morgan fingerprint density at radius 1 is 1.03 bits per heavy atom. The average molecular weight is 524 g/mol. The van der Waals surface area contributed by atoms with E-state index in [4.69, 9.17) is 30.4 Å². The van der Waals surface area contributed by atoms with Gasteiger partial charge in [0.15, 0.2) is 24.3 Å². The van der Waals surface area contributed by atoms with Gasteiger partial charge in [-0.25, -0.2) is 14.2 Å². The van der Waals surface area contributed by atoms with Gasteiger partial charge in [-0.2, -0.15) is 4.39 Å². The topological polar surface area (TPSA) is 208 Å². The summed E-state index contributed by atoms with van der Waals surface area (Å²) in [6, 6.07) is -3.71. The van der Waals surface area contributed by atoms with E-state index in [1.165, 1.54) is 6.92 Å². The number of halogens is 2. The minimum atomic E-state index is -3.86. The summed E-state index contributed by atoms with van der Waals surface area (Å²) in [5.41, 5.74) is 10.7. The summed E-state index contributed by atoms with van der Waals surface area (Å²) >= 11 is 0. The predicted octanol–water partition coefficient (Wildman–Crippen LogP) is -1.47. The highest BCUT2D eigenvalue weighted by atomic mass is 19.2. The molecule has 16 heteroatoms. The molecule has 0 bridgehead atoms. The van der Waals surface area contributed by atoms with Crippen molar-refractivity contribution in [3.63, 3.8) is 0 Å². The number of alkyl halides is 2. The van der Waals surface area contributed by atoms with E-state index >= 15 is 8.78 Å². The second-order valence-electron chi connectivity index (χ2n) is 7.65. The maximum atomic E-state index is 15.9. The van der Waals surface area contributed by atoms with Crippen LogP contribution in [0.1, 0.15) is 34.6 Å². The van der Waals surface area contributed by atoms with E-state index in [1.807, 2.05) is 0 Å². The van der Waals surface area contributed by atoms with Crippen LogP contribution in [0.2, 0.25) is 0 Å². The second-order valence-corrected chi connectivity index (χ2v) is 7.65. The molecule has 1 aliphatic rings. The molecule has 3 unspecified atom stereocenters. The maximum absolute atomic E-state index is 15.9. The molecule has 204 valence electrons. The van der Waals surface area contributed by atoms with Gasteiger partial charge in [-0.05, 0) is 6.92 Å². The van der Waals surface area contributed by atoms with Gasteiger partial charge in [0.2, 0.25) is 5.91 Å². The van der Waals surface area contributed by atoms with Crippen LogP contribution in [0.3, 0.4) is 0 Å². The van der Waals surface area contributed by atoms with Gasteiger partial charge in [0, 0.05) is 27.7 Å². The Hall–Kier alpha value is -3.56. The van der Waals surface area contributed by atoms with Crippen LogP contribution in [0.15, 0.2) is 4.99 Å². The minimum Gasteiger partial charge on any atom is -0.462 e. The molecule has 7 atom stereocenters. The van der Waals surface area contributed by atoms with Crippen LogP contribution < -0.4 is 16.8 Å². The molecule has 0 aliphatic carbocycles. The fourth-order valence-electron chi connectivity index (χ4n) is 3.47. The van der Waals surface area contributed by atoms with Gasteiger partial charge in [0.05, 0.1) is 12.6 Å². The highest BCUT2D eigenvalue weighted by Gasteiger charge is 2.64. The van der Waals surface area contributed by atoms with Gasteiger partial charge >= 0.3 is 29.7 Å². The third-order valence-corrected chi connectivity index (χ3v) is 4.67. The van der Waals surface area contributed by atoms with Crippen molar-refractivity contribution in [2.75, 3.05) is 13.2 Å². The van der Waals surface area contributed by atoms with Crippen molar-refractivity contribution in [2.45, 2.75) is 77.0 Å². The van der Waals surface area contributed by atoms with Crippen molar-refractivity contribution in [3.05, 3.63) is 0 Å². The van der Waals surface area contributed by atoms with Crippen LogP contribution in [0.4, 0.5) is 8.78 Å². The first-order valence-corrected chi connectivity index (χ1v) is 10.7. The van der Waals surface area contributed by atoms with E-state index in [1.54, 1.807) is 0 Å². The van der Waals surface area contributed by atoms with Gasteiger partial charge in [0.1, 0.15) is 18.8 Å². The smallest absolute Gasteiger partial charge is 0.375 e. The van der Waals surface area contributed by atoms with Gasteiger partial charge in [-0.15, -0.1) is 0 Å². The Morgan fingerprint density at radius 3 is 2.06 bits per heavy atom. The lowest BCUT2D eigenvalue weighted by Gasteiger charge is -2.47. The summed E-state index contributed by atoms with van der Waals surface area (Å²) in [5.74, 6) is -10.0. The summed E-state index contributed by atoms with van der Waals surface area (Å²) in [7, 11) is 0. The Kier molecular flexibility index (Phi) is 11.0. The molecule has 1 fully saturated rings. The van der Waals surface area contributed by atoms with E-state index in [0.29, 0.717) is 0 Å². The second kappa shape index (κ2) is 12.9. The molecule has 0 aromatic rings. The molecular weight excluding hydrogens is 494 g/mol. The first-order chi connectivity index (χ1) is 16.6. The van der Waals surface area contributed by atoms with E-state index in [2.05, 4.69) is 15.0 Å². The van der Waals surface area contributed by atoms with Crippen molar-refractivity contribution in [2.24, 2.45) is 16.5 Å². The Labute approximate surface area is 204 Å². The number of ether oxygens (including phenoxy) is 5. The maximum Gasteiger partial charge on any atom is 0.375 e. The zero-order valence-corrected chi connectivity index (χ0v) is 20.3. The lowest BCUT2D eigenvalue weighted by atomic mass is 9.86. The number of hydrogen-bond donors (Lipinski definition) is 3. The summed E-state index contributed by atoms with van der Waals surface area (Å²) in [4.78, 5) is 63.0. The molecule has 1 saturated heterocycles. The third kappa shape index (κ3) is 8.00. The number of esters is 4. The van der Waals surface area contributed by atoms with E-state index in [0.717, 1.165) is 27.7 Å². The van der Waals surface area contributed by atoms with Crippen molar-refractivity contribution in [1.82, 2.24) is 5.32 Å². The third-order valence-electron chi connectivity index (χ3n) is 4.67. The monoisotopic (exact) mass is 524 g/mol. The van der Waals surface area contributed by atoms with Gasteiger partial charge < -0.3 is 40.5 Å². The average Bonchev–Trinajstić information content (AvgIpc) is 2.74. The molecule has 14 nitrogen and oxygen atoms in total. The molecule has 1 amide bonds. The summed E-state index contributed by atoms with van der Waals surface area (Å²) < 4.78 is 56.2. The van der Waals surface area contributed by atoms with E-state index < -0.39 is 84.8 Å². The number of nitrogens with two attached hydrogens (primary N) is 2. The Morgan fingerprint density at radius 2 is 1.61 bits per heavy atom. The molecule has 1 aliphatic heterocycles. The molecule has 5 N–H and O–H groups in total. The van der Waals surface area contributed by atoms with Crippen LogP contribution in [-0.4, -0.2) is 91.4 Å². The number of carbonyl (C=O) groups is 5. The quantitative estimate of drug-likeness (QED) is 0.129. The van der Waals surface area contributed by atoms with Crippen LogP contribution in [0.25, 0.3) is 0 Å². The van der Waals surface area contributed by atoms with Crippen LogP contribution in [0.5, 0.6) is 0 Å². The van der Waals surface area contributed by atoms with Crippen molar-refractivity contribution in [1.29, 1.82) is 0 Å². The number of hydrogen-bond acceptors (Lipinski definition) is 11.